The fourth-order valence-electron chi connectivity index (χ4n) is 2.88. The van der Waals surface area contributed by atoms with Gasteiger partial charge in [-0.3, -0.25) is 39.5 Å². The molecule has 0 aromatic heterocycles. The minimum Gasteiger partial charge on any atom is -0.462 e. The Bertz CT molecular complexity index is 1020. The molecule has 37 heavy (non-hydrogen) atoms. The van der Waals surface area contributed by atoms with Crippen LogP contribution in [0, 0.1) is 10.1 Å². The molecule has 202 valence electrons. The summed E-state index contributed by atoms with van der Waals surface area (Å²) in [5, 5.41) is 14.7. The highest BCUT2D eigenvalue weighted by molar-refractivity contribution is 5.75. The van der Waals surface area contributed by atoms with Gasteiger partial charge in [0.15, 0.2) is 24.4 Å². The standard InChI is InChI=1S/C22H27N3O12/c1-12(26)33-11-20(35-14(3)28)22(37-16(5)30)21(36-15(4)29)19(34-13(2)27)10-23-24-17-6-8-18(9-7-17)25(31)32/h6-10,19-22,24H,11H2,1-5H3/b23-10+/t19-,20+,21+,22-/m0/s1. The van der Waals surface area contributed by atoms with Gasteiger partial charge in [-0.2, -0.15) is 5.10 Å². The third-order valence-corrected chi connectivity index (χ3v) is 4.18. The van der Waals surface area contributed by atoms with Gasteiger partial charge in [-0.1, -0.05) is 0 Å². The molecule has 15 heteroatoms. The zero-order chi connectivity index (χ0) is 28.1. The number of hydrazone groups is 1. The number of ether oxygens (including phenoxy) is 5. The molecule has 1 aromatic rings. The van der Waals surface area contributed by atoms with Crippen LogP contribution in [0.5, 0.6) is 0 Å². The molecular formula is C22H27N3O12. The predicted molar refractivity (Wildman–Crippen MR) is 124 cm³/mol. The Labute approximate surface area is 211 Å². The number of benzene rings is 1. The predicted octanol–water partition coefficient (Wildman–Crippen LogP) is 1.28. The van der Waals surface area contributed by atoms with E-state index in [1.54, 1.807) is 0 Å². The van der Waals surface area contributed by atoms with Gasteiger partial charge in [-0.05, 0) is 12.1 Å². The topological polar surface area (TPSA) is 199 Å². The van der Waals surface area contributed by atoms with Gasteiger partial charge >= 0.3 is 29.8 Å². The van der Waals surface area contributed by atoms with Crippen molar-refractivity contribution in [2.45, 2.75) is 59.0 Å². The number of nitro groups is 1. The first-order chi connectivity index (χ1) is 17.3. The SMILES string of the molecule is CC(=O)OC[C@@H](OC(C)=O)[C@H](OC(C)=O)[C@H](OC(C)=O)[C@H](/C=N/Nc1ccc([N+](=O)[O-])cc1)OC(C)=O. The van der Waals surface area contributed by atoms with Gasteiger partial charge in [-0.15, -0.1) is 0 Å². The summed E-state index contributed by atoms with van der Waals surface area (Å²) in [5.41, 5.74) is 2.72. The Morgan fingerprint density at radius 3 is 1.81 bits per heavy atom. The van der Waals surface area contributed by atoms with E-state index in [1.807, 2.05) is 0 Å². The van der Waals surface area contributed by atoms with Crippen LogP contribution in [-0.2, 0) is 47.7 Å². The van der Waals surface area contributed by atoms with Gasteiger partial charge in [-0.25, -0.2) is 0 Å². The highest BCUT2D eigenvalue weighted by Crippen LogP contribution is 2.20. The molecular weight excluding hydrogens is 498 g/mol. The molecule has 0 bridgehead atoms. The lowest BCUT2D eigenvalue weighted by Crippen LogP contribution is -2.53. The lowest BCUT2D eigenvalue weighted by Gasteiger charge is -2.34. The summed E-state index contributed by atoms with van der Waals surface area (Å²) in [6, 6.07) is 5.16. The summed E-state index contributed by atoms with van der Waals surface area (Å²) < 4.78 is 25.8. The van der Waals surface area contributed by atoms with Gasteiger partial charge in [0.25, 0.3) is 5.69 Å². The minimum absolute atomic E-state index is 0.157. The number of anilines is 1. The lowest BCUT2D eigenvalue weighted by molar-refractivity contribution is -0.384. The second-order valence-electron chi connectivity index (χ2n) is 7.37. The number of carbonyl (C=O) groups excluding carboxylic acids is 5. The maximum absolute atomic E-state index is 11.9. The van der Waals surface area contributed by atoms with Crippen LogP contribution in [0.2, 0.25) is 0 Å². The Morgan fingerprint density at radius 2 is 1.35 bits per heavy atom. The van der Waals surface area contributed by atoms with E-state index in [2.05, 4.69) is 10.5 Å². The van der Waals surface area contributed by atoms with Crippen LogP contribution in [0.4, 0.5) is 11.4 Å². The van der Waals surface area contributed by atoms with E-state index in [0.29, 0.717) is 5.69 Å². The van der Waals surface area contributed by atoms with Crippen molar-refractivity contribution in [3.05, 3.63) is 34.4 Å². The number of carbonyl (C=O) groups is 5. The first-order valence-corrected chi connectivity index (χ1v) is 10.7. The van der Waals surface area contributed by atoms with E-state index < -0.39 is 65.8 Å². The Morgan fingerprint density at radius 1 is 0.838 bits per heavy atom. The third-order valence-electron chi connectivity index (χ3n) is 4.18. The summed E-state index contributed by atoms with van der Waals surface area (Å²) in [6.45, 7) is 4.66. The van der Waals surface area contributed by atoms with Crippen LogP contribution in [0.15, 0.2) is 29.4 Å². The van der Waals surface area contributed by atoms with Gasteiger partial charge in [0.05, 0.1) is 16.8 Å². The molecule has 1 N–H and O–H groups in total. The molecule has 0 radical (unpaired) electrons. The molecule has 0 aliphatic heterocycles. The number of nitrogens with zero attached hydrogens (tertiary/aromatic N) is 2. The average molecular weight is 525 g/mol. The van der Waals surface area contributed by atoms with Gasteiger partial charge in [0, 0.05) is 46.8 Å². The van der Waals surface area contributed by atoms with Crippen molar-refractivity contribution in [2.75, 3.05) is 12.0 Å². The third kappa shape index (κ3) is 11.6. The van der Waals surface area contributed by atoms with E-state index in [4.69, 9.17) is 23.7 Å². The van der Waals surface area contributed by atoms with E-state index >= 15 is 0 Å². The summed E-state index contributed by atoms with van der Waals surface area (Å²) in [6.07, 6.45) is -5.20. The first-order valence-electron chi connectivity index (χ1n) is 10.7. The summed E-state index contributed by atoms with van der Waals surface area (Å²) in [7, 11) is 0. The van der Waals surface area contributed by atoms with Crippen LogP contribution >= 0.6 is 0 Å². The molecule has 15 nitrogen and oxygen atoms in total. The number of nitro benzene ring substituents is 1. The van der Waals surface area contributed by atoms with Crippen LogP contribution < -0.4 is 5.43 Å². The van der Waals surface area contributed by atoms with Crippen molar-refractivity contribution < 1.29 is 52.6 Å². The van der Waals surface area contributed by atoms with Crippen molar-refractivity contribution >= 4 is 47.4 Å². The monoisotopic (exact) mass is 525 g/mol. The van der Waals surface area contributed by atoms with Gasteiger partial charge in [0.2, 0.25) is 0 Å². The van der Waals surface area contributed by atoms with Crippen LogP contribution in [-0.4, -0.2) is 72.0 Å². The maximum atomic E-state index is 11.9. The Kier molecular flexibility index (Phi) is 12.1. The van der Waals surface area contributed by atoms with Crippen LogP contribution in [0.25, 0.3) is 0 Å². The molecule has 4 atom stereocenters. The molecule has 0 amide bonds. The fraction of sp³-hybridized carbons (Fsp3) is 0.455. The normalized spacial score (nSPS) is 13.9. The second-order valence-corrected chi connectivity index (χ2v) is 7.37. The van der Waals surface area contributed by atoms with Crippen molar-refractivity contribution in [3.63, 3.8) is 0 Å². The van der Waals surface area contributed by atoms with Crippen molar-refractivity contribution in [3.8, 4) is 0 Å². The smallest absolute Gasteiger partial charge is 0.303 e. The number of non-ortho nitro benzene ring substituents is 1. The maximum Gasteiger partial charge on any atom is 0.303 e. The number of hydrogen-bond acceptors (Lipinski definition) is 14. The fourth-order valence-corrected chi connectivity index (χ4v) is 2.88. The number of nitrogens with one attached hydrogen (secondary N) is 1. The van der Waals surface area contributed by atoms with Crippen molar-refractivity contribution in [1.29, 1.82) is 0 Å². The summed E-state index contributed by atoms with van der Waals surface area (Å²) >= 11 is 0. The average Bonchev–Trinajstić information content (AvgIpc) is 2.77. The number of esters is 5. The van der Waals surface area contributed by atoms with E-state index in [1.165, 1.54) is 24.3 Å². The zero-order valence-corrected chi connectivity index (χ0v) is 20.7. The first kappa shape index (κ1) is 30.5. The molecule has 0 aliphatic carbocycles. The van der Waals surface area contributed by atoms with Gasteiger partial charge in [0.1, 0.15) is 6.61 Å². The summed E-state index contributed by atoms with van der Waals surface area (Å²) in [4.78, 5) is 68.9. The molecule has 0 unspecified atom stereocenters. The Hall–Kier alpha value is -4.56. The quantitative estimate of drug-likeness (QED) is 0.127. The molecule has 0 fully saturated rings. The van der Waals surface area contributed by atoms with E-state index in [0.717, 1.165) is 40.8 Å². The molecule has 0 heterocycles. The number of hydrogen-bond donors (Lipinski definition) is 1. The molecule has 0 aliphatic rings. The highest BCUT2D eigenvalue weighted by Gasteiger charge is 2.43. The molecule has 0 saturated heterocycles. The highest BCUT2D eigenvalue weighted by atomic mass is 16.6. The van der Waals surface area contributed by atoms with Crippen LogP contribution in [0.3, 0.4) is 0 Å². The van der Waals surface area contributed by atoms with E-state index in [9.17, 15) is 34.1 Å². The molecule has 0 spiro atoms. The minimum atomic E-state index is -1.62. The Balaban J connectivity index is 3.40. The van der Waals surface area contributed by atoms with Crippen molar-refractivity contribution in [2.24, 2.45) is 5.10 Å². The number of rotatable bonds is 13. The molecule has 0 saturated carbocycles. The van der Waals surface area contributed by atoms with Gasteiger partial charge < -0.3 is 23.7 Å². The van der Waals surface area contributed by atoms with Crippen molar-refractivity contribution in [1.82, 2.24) is 0 Å². The lowest BCUT2D eigenvalue weighted by atomic mass is 10.0. The summed E-state index contributed by atoms with van der Waals surface area (Å²) in [5.74, 6) is -4.19. The van der Waals surface area contributed by atoms with E-state index in [-0.39, 0.29) is 5.69 Å². The molecule has 1 rings (SSSR count). The van der Waals surface area contributed by atoms with Crippen LogP contribution in [0.1, 0.15) is 34.6 Å². The molecule has 1 aromatic carbocycles. The zero-order valence-electron chi connectivity index (χ0n) is 20.7. The largest absolute Gasteiger partial charge is 0.462 e. The second kappa shape index (κ2) is 14.8.